The summed E-state index contributed by atoms with van der Waals surface area (Å²) >= 11 is 0. The second-order valence-corrected chi connectivity index (χ2v) is 6.44. The molecule has 0 spiro atoms. The van der Waals surface area contributed by atoms with E-state index in [1.165, 1.54) is 7.05 Å². The van der Waals surface area contributed by atoms with Crippen molar-refractivity contribution in [3.05, 3.63) is 59.8 Å². The highest BCUT2D eigenvalue weighted by Crippen LogP contribution is 2.28. The Balaban J connectivity index is 1.84. The minimum atomic E-state index is -0.340. The third-order valence-corrected chi connectivity index (χ3v) is 4.01. The fraction of sp³-hybridized carbons (Fsp3) is 0.200. The molecular weight excluding hydrogens is 342 g/mol. The van der Waals surface area contributed by atoms with Crippen molar-refractivity contribution in [1.29, 1.82) is 0 Å². The van der Waals surface area contributed by atoms with E-state index in [0.717, 1.165) is 28.8 Å². The number of rotatable bonds is 5. The van der Waals surface area contributed by atoms with Gasteiger partial charge in [-0.2, -0.15) is 0 Å². The van der Waals surface area contributed by atoms with Gasteiger partial charge in [0.15, 0.2) is 5.96 Å². The van der Waals surface area contributed by atoms with Crippen LogP contribution in [0.15, 0.2) is 53.5 Å². The number of nitrogens with zero attached hydrogens (tertiary/aromatic N) is 2. The van der Waals surface area contributed by atoms with Crippen LogP contribution < -0.4 is 15.8 Å². The molecule has 0 saturated heterocycles. The third kappa shape index (κ3) is 4.45. The first-order valence-corrected chi connectivity index (χ1v) is 8.53. The van der Waals surface area contributed by atoms with Crippen LogP contribution in [-0.2, 0) is 6.54 Å². The molecule has 4 N–H and O–H groups in total. The van der Waals surface area contributed by atoms with E-state index in [1.807, 2.05) is 56.6 Å². The molecule has 0 fully saturated rings. The summed E-state index contributed by atoms with van der Waals surface area (Å²) in [5.41, 5.74) is 7.85. The fourth-order valence-corrected chi connectivity index (χ4v) is 2.73. The SMILES string of the molecule is CN=C(N)NC(=O)c1cc2ccc(Oc3ccccc3CN(C)C)cc2[nH]1. The van der Waals surface area contributed by atoms with Crippen LogP contribution in [0.25, 0.3) is 10.9 Å². The smallest absolute Gasteiger partial charge is 0.274 e. The Labute approximate surface area is 157 Å². The molecule has 0 bridgehead atoms. The number of amides is 1. The molecule has 2 aromatic carbocycles. The van der Waals surface area contributed by atoms with Gasteiger partial charge >= 0.3 is 0 Å². The predicted molar refractivity (Wildman–Crippen MR) is 107 cm³/mol. The van der Waals surface area contributed by atoms with Gasteiger partial charge in [-0.15, -0.1) is 0 Å². The van der Waals surface area contributed by atoms with Crippen LogP contribution in [0.1, 0.15) is 16.1 Å². The number of aromatic amines is 1. The topological polar surface area (TPSA) is 95.7 Å². The molecule has 0 unspecified atom stereocenters. The Bertz CT molecular complexity index is 991. The summed E-state index contributed by atoms with van der Waals surface area (Å²) in [6.07, 6.45) is 0. The Morgan fingerprint density at radius 1 is 1.22 bits per heavy atom. The minimum absolute atomic E-state index is 0.0696. The molecule has 0 aliphatic rings. The maximum absolute atomic E-state index is 12.2. The van der Waals surface area contributed by atoms with Gasteiger partial charge in [0.1, 0.15) is 17.2 Å². The summed E-state index contributed by atoms with van der Waals surface area (Å²) in [6, 6.07) is 15.4. The first-order chi connectivity index (χ1) is 13.0. The van der Waals surface area contributed by atoms with Crippen molar-refractivity contribution < 1.29 is 9.53 Å². The monoisotopic (exact) mass is 365 g/mol. The summed E-state index contributed by atoms with van der Waals surface area (Å²) in [4.78, 5) is 21.1. The van der Waals surface area contributed by atoms with E-state index in [2.05, 4.69) is 20.2 Å². The van der Waals surface area contributed by atoms with E-state index in [1.54, 1.807) is 6.07 Å². The maximum atomic E-state index is 12.2. The molecule has 1 aromatic heterocycles. The normalized spacial score (nSPS) is 11.8. The second-order valence-electron chi connectivity index (χ2n) is 6.44. The zero-order valence-electron chi connectivity index (χ0n) is 15.6. The number of nitrogens with one attached hydrogen (secondary N) is 2. The van der Waals surface area contributed by atoms with Gasteiger partial charge in [-0.05, 0) is 38.4 Å². The van der Waals surface area contributed by atoms with Gasteiger partial charge in [0, 0.05) is 36.1 Å². The quantitative estimate of drug-likeness (QED) is 0.478. The van der Waals surface area contributed by atoms with Crippen LogP contribution in [0.4, 0.5) is 0 Å². The highest BCUT2D eigenvalue weighted by molar-refractivity contribution is 6.06. The van der Waals surface area contributed by atoms with E-state index in [4.69, 9.17) is 10.5 Å². The molecule has 140 valence electrons. The highest BCUT2D eigenvalue weighted by Gasteiger charge is 2.12. The molecular formula is C20H23N5O2. The van der Waals surface area contributed by atoms with Crippen LogP contribution in [0.3, 0.4) is 0 Å². The highest BCUT2D eigenvalue weighted by atomic mass is 16.5. The summed E-state index contributed by atoms with van der Waals surface area (Å²) in [7, 11) is 5.55. The lowest BCUT2D eigenvalue weighted by atomic mass is 10.2. The maximum Gasteiger partial charge on any atom is 0.274 e. The molecule has 27 heavy (non-hydrogen) atoms. The number of para-hydroxylation sites is 1. The number of benzene rings is 2. The lowest BCUT2D eigenvalue weighted by molar-refractivity contribution is 0.0972. The van der Waals surface area contributed by atoms with Crippen LogP contribution >= 0.6 is 0 Å². The molecule has 0 atom stereocenters. The number of fused-ring (bicyclic) bond motifs is 1. The molecule has 0 aliphatic heterocycles. The number of aromatic nitrogens is 1. The Morgan fingerprint density at radius 2 is 2.00 bits per heavy atom. The summed E-state index contributed by atoms with van der Waals surface area (Å²) in [6.45, 7) is 0.783. The lowest BCUT2D eigenvalue weighted by Crippen LogP contribution is -2.36. The molecule has 3 aromatic rings. The molecule has 0 radical (unpaired) electrons. The molecule has 0 saturated carbocycles. The zero-order chi connectivity index (χ0) is 19.4. The zero-order valence-corrected chi connectivity index (χ0v) is 15.6. The number of carbonyl (C=O) groups excluding carboxylic acids is 1. The van der Waals surface area contributed by atoms with Crippen LogP contribution in [0, 0.1) is 0 Å². The van der Waals surface area contributed by atoms with Crippen LogP contribution in [-0.4, -0.2) is 42.9 Å². The van der Waals surface area contributed by atoms with E-state index in [-0.39, 0.29) is 11.9 Å². The van der Waals surface area contributed by atoms with Crippen LogP contribution in [0.2, 0.25) is 0 Å². The third-order valence-electron chi connectivity index (χ3n) is 4.01. The average molecular weight is 365 g/mol. The predicted octanol–water partition coefficient (Wildman–Crippen LogP) is 2.70. The van der Waals surface area contributed by atoms with E-state index in [0.29, 0.717) is 11.4 Å². The van der Waals surface area contributed by atoms with Gasteiger partial charge in [-0.25, -0.2) is 0 Å². The van der Waals surface area contributed by atoms with Gasteiger partial charge in [0.05, 0.1) is 0 Å². The van der Waals surface area contributed by atoms with Crippen molar-refractivity contribution in [2.24, 2.45) is 10.7 Å². The largest absolute Gasteiger partial charge is 0.457 e. The number of hydrogen-bond donors (Lipinski definition) is 3. The lowest BCUT2D eigenvalue weighted by Gasteiger charge is -2.14. The summed E-state index contributed by atoms with van der Waals surface area (Å²) < 4.78 is 6.08. The van der Waals surface area contributed by atoms with Crippen LogP contribution in [0.5, 0.6) is 11.5 Å². The van der Waals surface area contributed by atoms with E-state index >= 15 is 0 Å². The first-order valence-electron chi connectivity index (χ1n) is 8.53. The Hall–Kier alpha value is -3.32. The molecule has 0 aliphatic carbocycles. The number of guanidine groups is 1. The number of hydrogen-bond acceptors (Lipinski definition) is 4. The van der Waals surface area contributed by atoms with Gasteiger partial charge in [-0.3, -0.25) is 15.1 Å². The number of nitrogens with two attached hydrogens (primary N) is 1. The van der Waals surface area contributed by atoms with E-state index in [9.17, 15) is 4.79 Å². The molecule has 1 amide bonds. The first kappa shape index (κ1) is 18.5. The minimum Gasteiger partial charge on any atom is -0.457 e. The van der Waals surface area contributed by atoms with Crippen molar-refractivity contribution in [1.82, 2.24) is 15.2 Å². The summed E-state index contributed by atoms with van der Waals surface area (Å²) in [5, 5.41) is 3.41. The van der Waals surface area contributed by atoms with E-state index < -0.39 is 0 Å². The van der Waals surface area contributed by atoms with Crippen molar-refractivity contribution in [3.8, 4) is 11.5 Å². The average Bonchev–Trinajstić information content (AvgIpc) is 3.06. The summed E-state index contributed by atoms with van der Waals surface area (Å²) in [5.74, 6) is 1.23. The number of H-pyrrole nitrogens is 1. The Kier molecular flexibility index (Phi) is 5.42. The standard InChI is InChI=1S/C20H23N5O2/c1-22-20(21)24-19(26)17-10-13-8-9-15(11-16(13)23-17)27-18-7-5-4-6-14(18)12-25(2)3/h4-11,23H,12H2,1-3H3,(H3,21,22,24,26). The molecule has 3 rings (SSSR count). The van der Waals surface area contributed by atoms with Gasteiger partial charge < -0.3 is 20.4 Å². The Morgan fingerprint density at radius 3 is 2.74 bits per heavy atom. The second kappa shape index (κ2) is 7.92. The van der Waals surface area contributed by atoms with Crippen molar-refractivity contribution in [2.45, 2.75) is 6.54 Å². The molecule has 7 nitrogen and oxygen atoms in total. The number of carbonyl (C=O) groups is 1. The van der Waals surface area contributed by atoms with Gasteiger partial charge in [0.25, 0.3) is 5.91 Å². The fourth-order valence-electron chi connectivity index (χ4n) is 2.73. The van der Waals surface area contributed by atoms with Gasteiger partial charge in [-0.1, -0.05) is 18.2 Å². The van der Waals surface area contributed by atoms with Gasteiger partial charge in [0.2, 0.25) is 0 Å². The molecule has 1 heterocycles. The van der Waals surface area contributed by atoms with Crippen molar-refractivity contribution >= 4 is 22.8 Å². The number of aliphatic imine (C=N–C) groups is 1. The van der Waals surface area contributed by atoms with Crippen molar-refractivity contribution in [2.75, 3.05) is 21.1 Å². The molecule has 7 heteroatoms. The van der Waals surface area contributed by atoms with Crippen molar-refractivity contribution in [3.63, 3.8) is 0 Å². The number of ether oxygens (including phenoxy) is 1.